The molecule has 0 radical (unpaired) electrons. The average molecular weight is 383 g/mol. The van der Waals surface area contributed by atoms with Crippen molar-refractivity contribution in [1.29, 1.82) is 0 Å². The normalized spacial score (nSPS) is 11.6. The Bertz CT molecular complexity index is 773. The molecule has 1 aromatic carbocycles. The molecule has 26 heavy (non-hydrogen) atoms. The maximum atomic E-state index is 12.4. The van der Waals surface area contributed by atoms with Crippen LogP contribution in [0.25, 0.3) is 6.08 Å². The van der Waals surface area contributed by atoms with Crippen LogP contribution in [0.3, 0.4) is 0 Å². The second-order valence-electron chi connectivity index (χ2n) is 5.60. The first kappa shape index (κ1) is 21.7. The van der Waals surface area contributed by atoms with E-state index in [1.807, 2.05) is 6.92 Å². The van der Waals surface area contributed by atoms with Gasteiger partial charge in [0.15, 0.2) is 0 Å². The van der Waals surface area contributed by atoms with E-state index >= 15 is 0 Å². The second-order valence-corrected chi connectivity index (χ2v) is 7.72. The van der Waals surface area contributed by atoms with E-state index in [0.717, 1.165) is 10.7 Å². The Morgan fingerprint density at radius 2 is 1.92 bits per heavy atom. The number of amides is 2. The number of benzene rings is 1. The lowest BCUT2D eigenvalue weighted by Gasteiger charge is -2.15. The summed E-state index contributed by atoms with van der Waals surface area (Å²) in [6.07, 6.45) is 3.52. The zero-order valence-corrected chi connectivity index (χ0v) is 16.2. The molecule has 1 rings (SSSR count). The lowest BCUT2D eigenvalue weighted by molar-refractivity contribution is -0.123. The van der Waals surface area contributed by atoms with Crippen LogP contribution in [-0.4, -0.2) is 58.8 Å². The van der Waals surface area contributed by atoms with Crippen molar-refractivity contribution < 1.29 is 22.7 Å². The molecule has 2 amide bonds. The van der Waals surface area contributed by atoms with E-state index in [-0.39, 0.29) is 23.1 Å². The minimum absolute atomic E-state index is 0.00602. The van der Waals surface area contributed by atoms with Crippen LogP contribution in [0.15, 0.2) is 29.2 Å². The summed E-state index contributed by atoms with van der Waals surface area (Å²) in [6, 6.07) is 4.57. The lowest BCUT2D eigenvalue weighted by atomic mass is 10.2. The van der Waals surface area contributed by atoms with Crippen LogP contribution in [0.5, 0.6) is 5.75 Å². The largest absolute Gasteiger partial charge is 0.495 e. The molecule has 0 spiro atoms. The molecular formula is C17H25N3O5S. The van der Waals surface area contributed by atoms with Gasteiger partial charge in [0.2, 0.25) is 21.8 Å². The molecule has 0 saturated heterocycles. The summed E-state index contributed by atoms with van der Waals surface area (Å²) < 4.78 is 30.9. The van der Waals surface area contributed by atoms with Gasteiger partial charge >= 0.3 is 0 Å². The SMILES string of the molecule is CCCNC(=O)CNC(=O)/C=C/c1ccc(OC)c(S(=O)(=O)N(C)C)c1. The molecule has 8 nitrogen and oxygen atoms in total. The molecule has 0 saturated carbocycles. The Balaban J connectivity index is 2.86. The van der Waals surface area contributed by atoms with E-state index in [2.05, 4.69) is 10.6 Å². The van der Waals surface area contributed by atoms with Gasteiger partial charge in [0.25, 0.3) is 0 Å². The molecule has 0 aliphatic carbocycles. The number of nitrogens with zero attached hydrogens (tertiary/aromatic N) is 1. The van der Waals surface area contributed by atoms with E-state index in [0.29, 0.717) is 12.1 Å². The number of ether oxygens (including phenoxy) is 1. The van der Waals surface area contributed by atoms with Gasteiger partial charge < -0.3 is 15.4 Å². The lowest BCUT2D eigenvalue weighted by Crippen LogP contribution is -2.36. The molecular weight excluding hydrogens is 358 g/mol. The monoisotopic (exact) mass is 383 g/mol. The van der Waals surface area contributed by atoms with Crippen molar-refractivity contribution in [2.45, 2.75) is 18.2 Å². The first-order valence-electron chi connectivity index (χ1n) is 8.05. The zero-order valence-electron chi connectivity index (χ0n) is 15.4. The fourth-order valence-electron chi connectivity index (χ4n) is 1.92. The fraction of sp³-hybridized carbons (Fsp3) is 0.412. The van der Waals surface area contributed by atoms with Crippen molar-refractivity contribution in [3.63, 3.8) is 0 Å². The van der Waals surface area contributed by atoms with Crippen molar-refractivity contribution in [2.75, 3.05) is 34.3 Å². The minimum Gasteiger partial charge on any atom is -0.495 e. The molecule has 0 bridgehead atoms. The van der Waals surface area contributed by atoms with Crippen LogP contribution in [0.1, 0.15) is 18.9 Å². The van der Waals surface area contributed by atoms with E-state index in [1.165, 1.54) is 45.5 Å². The summed E-state index contributed by atoms with van der Waals surface area (Å²) in [7, 11) is 0.545. The molecule has 0 aromatic heterocycles. The Labute approximate surface area is 154 Å². The van der Waals surface area contributed by atoms with Gasteiger partial charge in [-0.15, -0.1) is 0 Å². The molecule has 9 heteroatoms. The van der Waals surface area contributed by atoms with Crippen LogP contribution in [-0.2, 0) is 19.6 Å². The highest BCUT2D eigenvalue weighted by Gasteiger charge is 2.22. The third-order valence-electron chi connectivity index (χ3n) is 3.37. The van der Waals surface area contributed by atoms with E-state index in [1.54, 1.807) is 6.07 Å². The summed E-state index contributed by atoms with van der Waals surface area (Å²) in [5.41, 5.74) is 0.511. The van der Waals surface area contributed by atoms with Gasteiger partial charge in [-0.2, -0.15) is 0 Å². The van der Waals surface area contributed by atoms with Crippen LogP contribution in [0.4, 0.5) is 0 Å². The maximum absolute atomic E-state index is 12.4. The number of carbonyl (C=O) groups excluding carboxylic acids is 2. The summed E-state index contributed by atoms with van der Waals surface area (Å²) in [6.45, 7) is 2.37. The van der Waals surface area contributed by atoms with Crippen LogP contribution >= 0.6 is 0 Å². The van der Waals surface area contributed by atoms with Gasteiger partial charge in [-0.1, -0.05) is 13.0 Å². The molecule has 0 heterocycles. The smallest absolute Gasteiger partial charge is 0.246 e. The van der Waals surface area contributed by atoms with E-state index in [9.17, 15) is 18.0 Å². The van der Waals surface area contributed by atoms with E-state index in [4.69, 9.17) is 4.74 Å². The number of hydrogen-bond donors (Lipinski definition) is 2. The van der Waals surface area contributed by atoms with Gasteiger partial charge in [0.1, 0.15) is 10.6 Å². The molecule has 0 aliphatic heterocycles. The Kier molecular flexibility index (Phi) is 8.27. The summed E-state index contributed by atoms with van der Waals surface area (Å²) in [4.78, 5) is 23.2. The van der Waals surface area contributed by atoms with E-state index < -0.39 is 15.9 Å². The number of rotatable bonds is 9. The highest BCUT2D eigenvalue weighted by Crippen LogP contribution is 2.27. The summed E-state index contributed by atoms with van der Waals surface area (Å²) in [5.74, 6) is -0.505. The topological polar surface area (TPSA) is 105 Å². The average Bonchev–Trinajstić information content (AvgIpc) is 2.62. The van der Waals surface area contributed by atoms with Crippen LogP contribution in [0.2, 0.25) is 0 Å². The molecule has 144 valence electrons. The molecule has 0 aliphatic rings. The standard InChI is InChI=1S/C17H25N3O5S/c1-5-10-18-17(22)12-19-16(21)9-7-13-6-8-14(25-4)15(11-13)26(23,24)20(2)3/h6-9,11H,5,10,12H2,1-4H3,(H,18,22)(H,19,21)/b9-7+. The highest BCUT2D eigenvalue weighted by molar-refractivity contribution is 7.89. The van der Waals surface area contributed by atoms with Crippen molar-refractivity contribution in [2.24, 2.45) is 0 Å². The predicted molar refractivity (Wildman–Crippen MR) is 99.2 cm³/mol. The van der Waals surface area contributed by atoms with Crippen molar-refractivity contribution in [1.82, 2.24) is 14.9 Å². The van der Waals surface area contributed by atoms with Crippen molar-refractivity contribution in [3.05, 3.63) is 29.8 Å². The van der Waals surface area contributed by atoms with Gasteiger partial charge in [0, 0.05) is 26.7 Å². The maximum Gasteiger partial charge on any atom is 0.246 e. The quantitative estimate of drug-likeness (QED) is 0.608. The van der Waals surface area contributed by atoms with Gasteiger partial charge in [-0.25, -0.2) is 12.7 Å². The Hall–Kier alpha value is -2.39. The predicted octanol–water partition coefficient (Wildman–Crippen LogP) is 0.601. The second kappa shape index (κ2) is 9.93. The molecule has 2 N–H and O–H groups in total. The third-order valence-corrected chi connectivity index (χ3v) is 5.21. The zero-order chi connectivity index (χ0) is 19.7. The van der Waals surface area contributed by atoms with Crippen LogP contribution < -0.4 is 15.4 Å². The number of carbonyl (C=O) groups is 2. The van der Waals surface area contributed by atoms with Crippen molar-refractivity contribution >= 4 is 27.9 Å². The first-order valence-corrected chi connectivity index (χ1v) is 9.49. The fourth-order valence-corrected chi connectivity index (χ4v) is 3.00. The molecule has 0 unspecified atom stereocenters. The molecule has 0 atom stereocenters. The van der Waals surface area contributed by atoms with Crippen molar-refractivity contribution in [3.8, 4) is 5.75 Å². The number of hydrogen-bond acceptors (Lipinski definition) is 5. The molecule has 1 aromatic rings. The highest BCUT2D eigenvalue weighted by atomic mass is 32.2. The number of nitrogens with one attached hydrogen (secondary N) is 2. The summed E-state index contributed by atoms with van der Waals surface area (Å²) in [5, 5.41) is 5.10. The number of methoxy groups -OCH3 is 1. The van der Waals surface area contributed by atoms with Gasteiger partial charge in [0.05, 0.1) is 13.7 Å². The summed E-state index contributed by atoms with van der Waals surface area (Å²) >= 11 is 0. The van der Waals surface area contributed by atoms with Crippen LogP contribution in [0, 0.1) is 0 Å². The number of sulfonamides is 1. The Morgan fingerprint density at radius 1 is 1.23 bits per heavy atom. The molecule has 0 fully saturated rings. The third kappa shape index (κ3) is 6.16. The minimum atomic E-state index is -3.69. The van der Waals surface area contributed by atoms with Gasteiger partial charge in [-0.05, 0) is 30.2 Å². The van der Waals surface area contributed by atoms with Gasteiger partial charge in [-0.3, -0.25) is 9.59 Å². The Morgan fingerprint density at radius 3 is 2.50 bits per heavy atom. The first-order chi connectivity index (χ1) is 12.2.